The SMILES string of the molecule is CO/N=C/c1ccc(C(=O)NCc2ccccn2)cc1. The smallest absolute Gasteiger partial charge is 0.251 e. The molecule has 1 heterocycles. The molecule has 5 heteroatoms. The van der Waals surface area contributed by atoms with Crippen LogP contribution in [0.25, 0.3) is 0 Å². The summed E-state index contributed by atoms with van der Waals surface area (Å²) in [5.74, 6) is -0.133. The molecule has 1 aromatic carbocycles. The monoisotopic (exact) mass is 269 g/mol. The van der Waals surface area contributed by atoms with E-state index in [1.807, 2.05) is 18.2 Å². The third-order valence-corrected chi connectivity index (χ3v) is 2.64. The summed E-state index contributed by atoms with van der Waals surface area (Å²) < 4.78 is 0. The Morgan fingerprint density at radius 2 is 2.10 bits per heavy atom. The minimum absolute atomic E-state index is 0.133. The van der Waals surface area contributed by atoms with Gasteiger partial charge in [-0.1, -0.05) is 23.4 Å². The number of carbonyl (C=O) groups excluding carboxylic acids is 1. The van der Waals surface area contributed by atoms with Crippen molar-refractivity contribution in [2.75, 3.05) is 7.11 Å². The van der Waals surface area contributed by atoms with Crippen LogP contribution in [0.3, 0.4) is 0 Å². The van der Waals surface area contributed by atoms with E-state index in [-0.39, 0.29) is 5.91 Å². The van der Waals surface area contributed by atoms with Gasteiger partial charge in [-0.15, -0.1) is 0 Å². The van der Waals surface area contributed by atoms with Crippen LogP contribution >= 0.6 is 0 Å². The number of hydrogen-bond donors (Lipinski definition) is 1. The number of aromatic nitrogens is 1. The molecule has 2 aromatic rings. The maximum absolute atomic E-state index is 11.9. The average molecular weight is 269 g/mol. The Bertz CT molecular complexity index is 580. The van der Waals surface area contributed by atoms with Gasteiger partial charge in [-0.3, -0.25) is 9.78 Å². The molecule has 0 saturated heterocycles. The first-order chi connectivity index (χ1) is 9.79. The largest absolute Gasteiger partial charge is 0.399 e. The second-order valence-corrected chi connectivity index (χ2v) is 4.04. The summed E-state index contributed by atoms with van der Waals surface area (Å²) in [7, 11) is 1.48. The van der Waals surface area contributed by atoms with Gasteiger partial charge in [0, 0.05) is 11.8 Å². The summed E-state index contributed by atoms with van der Waals surface area (Å²) in [6, 6.07) is 12.7. The number of benzene rings is 1. The molecule has 20 heavy (non-hydrogen) atoms. The molecule has 0 aliphatic heterocycles. The number of nitrogens with zero attached hydrogens (tertiary/aromatic N) is 2. The summed E-state index contributed by atoms with van der Waals surface area (Å²) >= 11 is 0. The van der Waals surface area contributed by atoms with Gasteiger partial charge in [0.1, 0.15) is 7.11 Å². The lowest BCUT2D eigenvalue weighted by atomic mass is 10.1. The fraction of sp³-hybridized carbons (Fsp3) is 0.133. The van der Waals surface area contributed by atoms with Crippen molar-refractivity contribution in [1.29, 1.82) is 0 Å². The zero-order valence-corrected chi connectivity index (χ0v) is 11.1. The quantitative estimate of drug-likeness (QED) is 0.667. The molecule has 5 nitrogen and oxygen atoms in total. The highest BCUT2D eigenvalue weighted by Crippen LogP contribution is 2.03. The first-order valence-electron chi connectivity index (χ1n) is 6.14. The van der Waals surface area contributed by atoms with Crippen LogP contribution in [-0.4, -0.2) is 24.2 Å². The maximum atomic E-state index is 11.9. The summed E-state index contributed by atoms with van der Waals surface area (Å²) in [6.45, 7) is 0.409. The molecule has 1 N–H and O–H groups in total. The minimum atomic E-state index is -0.133. The second kappa shape index (κ2) is 7.04. The third-order valence-electron chi connectivity index (χ3n) is 2.64. The van der Waals surface area contributed by atoms with Gasteiger partial charge < -0.3 is 10.2 Å². The predicted molar refractivity (Wildman–Crippen MR) is 76.5 cm³/mol. The zero-order valence-electron chi connectivity index (χ0n) is 11.1. The van der Waals surface area contributed by atoms with E-state index in [1.165, 1.54) is 7.11 Å². The van der Waals surface area contributed by atoms with E-state index in [0.29, 0.717) is 12.1 Å². The third kappa shape index (κ3) is 3.91. The van der Waals surface area contributed by atoms with Gasteiger partial charge in [0.25, 0.3) is 5.91 Å². The molecule has 1 amide bonds. The van der Waals surface area contributed by atoms with Gasteiger partial charge >= 0.3 is 0 Å². The fourth-order valence-corrected chi connectivity index (χ4v) is 1.61. The number of nitrogens with one attached hydrogen (secondary N) is 1. The first-order valence-corrected chi connectivity index (χ1v) is 6.14. The minimum Gasteiger partial charge on any atom is -0.399 e. The van der Waals surface area contributed by atoms with Gasteiger partial charge in [0.2, 0.25) is 0 Å². The van der Waals surface area contributed by atoms with E-state index >= 15 is 0 Å². The lowest BCUT2D eigenvalue weighted by Gasteiger charge is -2.04. The molecule has 0 aliphatic carbocycles. The summed E-state index contributed by atoms with van der Waals surface area (Å²) in [6.07, 6.45) is 3.28. The number of rotatable bonds is 5. The number of hydrogen-bond acceptors (Lipinski definition) is 4. The molecule has 0 bridgehead atoms. The summed E-state index contributed by atoms with van der Waals surface area (Å²) in [5, 5.41) is 6.48. The normalized spacial score (nSPS) is 10.4. The summed E-state index contributed by atoms with van der Waals surface area (Å²) in [5.41, 5.74) is 2.29. The first kappa shape index (κ1) is 13.7. The van der Waals surface area contributed by atoms with Crippen molar-refractivity contribution in [1.82, 2.24) is 10.3 Å². The topological polar surface area (TPSA) is 63.6 Å². The van der Waals surface area contributed by atoms with Gasteiger partial charge in [-0.05, 0) is 29.8 Å². The van der Waals surface area contributed by atoms with Crippen LogP contribution in [0.15, 0.2) is 53.8 Å². The number of oxime groups is 1. The second-order valence-electron chi connectivity index (χ2n) is 4.04. The highest BCUT2D eigenvalue weighted by atomic mass is 16.6. The van der Waals surface area contributed by atoms with Gasteiger partial charge in [0.05, 0.1) is 18.5 Å². The Morgan fingerprint density at radius 3 is 2.75 bits per heavy atom. The van der Waals surface area contributed by atoms with Crippen LogP contribution in [0.2, 0.25) is 0 Å². The Morgan fingerprint density at radius 1 is 1.30 bits per heavy atom. The summed E-state index contributed by atoms with van der Waals surface area (Å²) in [4.78, 5) is 20.7. The molecule has 1 aromatic heterocycles. The van der Waals surface area contributed by atoms with Crippen LogP contribution in [0.5, 0.6) is 0 Å². The van der Waals surface area contributed by atoms with E-state index < -0.39 is 0 Å². The molecule has 0 radical (unpaired) electrons. The van der Waals surface area contributed by atoms with Crippen molar-refractivity contribution in [3.63, 3.8) is 0 Å². The molecular weight excluding hydrogens is 254 g/mol. The van der Waals surface area contributed by atoms with Crippen LogP contribution in [0.4, 0.5) is 0 Å². The van der Waals surface area contributed by atoms with Crippen molar-refractivity contribution < 1.29 is 9.63 Å². The van der Waals surface area contributed by atoms with Crippen molar-refractivity contribution in [2.45, 2.75) is 6.54 Å². The fourth-order valence-electron chi connectivity index (χ4n) is 1.61. The van der Waals surface area contributed by atoms with E-state index in [0.717, 1.165) is 11.3 Å². The van der Waals surface area contributed by atoms with Crippen molar-refractivity contribution >= 4 is 12.1 Å². The highest BCUT2D eigenvalue weighted by Gasteiger charge is 2.04. The standard InChI is InChI=1S/C15H15N3O2/c1-20-18-10-12-5-7-13(8-6-12)15(19)17-11-14-4-2-3-9-16-14/h2-10H,11H2,1H3,(H,17,19)/b18-10+. The van der Waals surface area contributed by atoms with Crippen LogP contribution in [0, 0.1) is 0 Å². The lowest BCUT2D eigenvalue weighted by molar-refractivity contribution is 0.0950. The molecular formula is C15H15N3O2. The Kier molecular flexibility index (Phi) is 4.83. The predicted octanol–water partition coefficient (Wildman–Crippen LogP) is 1.99. The zero-order chi connectivity index (χ0) is 14.2. The Hall–Kier alpha value is -2.69. The van der Waals surface area contributed by atoms with Crippen molar-refractivity contribution in [2.24, 2.45) is 5.16 Å². The molecule has 0 fully saturated rings. The van der Waals surface area contributed by atoms with E-state index in [1.54, 1.807) is 36.7 Å². The molecule has 0 unspecified atom stereocenters. The van der Waals surface area contributed by atoms with E-state index in [4.69, 9.17) is 0 Å². The van der Waals surface area contributed by atoms with E-state index in [2.05, 4.69) is 20.3 Å². The van der Waals surface area contributed by atoms with Gasteiger partial charge in [-0.2, -0.15) is 0 Å². The van der Waals surface area contributed by atoms with Crippen molar-refractivity contribution in [3.05, 3.63) is 65.5 Å². The molecule has 2 rings (SSSR count). The number of carbonyl (C=O) groups is 1. The maximum Gasteiger partial charge on any atom is 0.251 e. The van der Waals surface area contributed by atoms with E-state index in [9.17, 15) is 4.79 Å². The Balaban J connectivity index is 1.94. The average Bonchev–Trinajstić information content (AvgIpc) is 2.52. The van der Waals surface area contributed by atoms with Gasteiger partial charge in [-0.25, -0.2) is 0 Å². The number of amides is 1. The Labute approximate surface area is 117 Å². The highest BCUT2D eigenvalue weighted by molar-refractivity contribution is 5.94. The van der Waals surface area contributed by atoms with Crippen LogP contribution in [0.1, 0.15) is 21.6 Å². The van der Waals surface area contributed by atoms with Crippen LogP contribution in [-0.2, 0) is 11.4 Å². The molecule has 102 valence electrons. The molecule has 0 atom stereocenters. The lowest BCUT2D eigenvalue weighted by Crippen LogP contribution is -2.23. The number of pyridine rings is 1. The van der Waals surface area contributed by atoms with Gasteiger partial charge in [0.15, 0.2) is 0 Å². The molecule has 0 aliphatic rings. The van der Waals surface area contributed by atoms with Crippen molar-refractivity contribution in [3.8, 4) is 0 Å². The molecule has 0 saturated carbocycles. The van der Waals surface area contributed by atoms with Crippen LogP contribution < -0.4 is 5.32 Å². The molecule has 0 spiro atoms.